The van der Waals surface area contributed by atoms with Gasteiger partial charge in [-0.1, -0.05) is 5.22 Å². The van der Waals surface area contributed by atoms with E-state index in [1.807, 2.05) is 0 Å². The largest absolute Gasteiger partial charge is 0.465 e. The highest BCUT2D eigenvalue weighted by Crippen LogP contribution is 2.40. The lowest BCUT2D eigenvalue weighted by Crippen LogP contribution is -2.45. The molecule has 3 aliphatic rings. The van der Waals surface area contributed by atoms with Crippen LogP contribution >= 0.6 is 0 Å². The first-order chi connectivity index (χ1) is 9.18. The molecule has 0 aromatic rings. The Labute approximate surface area is 111 Å². The van der Waals surface area contributed by atoms with Gasteiger partial charge in [-0.2, -0.15) is 0 Å². The minimum Gasteiger partial charge on any atom is -0.465 e. The molecule has 1 aliphatic heterocycles. The van der Waals surface area contributed by atoms with E-state index in [4.69, 9.17) is 5.11 Å². The van der Waals surface area contributed by atoms with E-state index in [9.17, 15) is 4.79 Å². The number of amides is 1. The first-order valence-corrected chi connectivity index (χ1v) is 6.78. The fraction of sp³-hybridized carbons (Fsp3) is 0.750. The van der Waals surface area contributed by atoms with Gasteiger partial charge in [0.2, 0.25) is 0 Å². The Morgan fingerprint density at radius 1 is 1.32 bits per heavy atom. The zero-order valence-corrected chi connectivity index (χ0v) is 10.7. The summed E-state index contributed by atoms with van der Waals surface area (Å²) in [5.41, 5.74) is 3.03. The van der Waals surface area contributed by atoms with E-state index < -0.39 is 6.09 Å². The SMILES string of the molecule is O=C(O)NC1CCC(N[C@@H]2C[C@]23C=CN=NN3)CC1. The molecule has 0 unspecified atom stereocenters. The van der Waals surface area contributed by atoms with Crippen molar-refractivity contribution in [2.24, 2.45) is 10.3 Å². The molecular weight excluding hydrogens is 246 g/mol. The minimum atomic E-state index is -0.917. The predicted molar refractivity (Wildman–Crippen MR) is 68.6 cm³/mol. The summed E-state index contributed by atoms with van der Waals surface area (Å²) in [5, 5.41) is 22.5. The van der Waals surface area contributed by atoms with Crippen molar-refractivity contribution in [3.05, 3.63) is 12.3 Å². The van der Waals surface area contributed by atoms with Gasteiger partial charge in [-0.3, -0.25) is 5.43 Å². The number of nitrogens with one attached hydrogen (secondary N) is 3. The fourth-order valence-electron chi connectivity index (χ4n) is 3.02. The molecule has 19 heavy (non-hydrogen) atoms. The van der Waals surface area contributed by atoms with Crippen molar-refractivity contribution in [1.29, 1.82) is 0 Å². The van der Waals surface area contributed by atoms with Crippen LogP contribution in [-0.2, 0) is 0 Å². The van der Waals surface area contributed by atoms with Crippen molar-refractivity contribution in [2.75, 3.05) is 0 Å². The van der Waals surface area contributed by atoms with E-state index in [2.05, 4.69) is 32.5 Å². The third-order valence-corrected chi connectivity index (χ3v) is 4.25. The third kappa shape index (κ3) is 2.70. The summed E-state index contributed by atoms with van der Waals surface area (Å²) in [6.07, 6.45) is 7.78. The van der Waals surface area contributed by atoms with Crippen molar-refractivity contribution >= 4 is 6.09 Å². The summed E-state index contributed by atoms with van der Waals surface area (Å²) in [6.45, 7) is 0. The number of nitrogens with zero attached hydrogens (tertiary/aromatic N) is 2. The molecule has 2 aliphatic carbocycles. The molecule has 7 nitrogen and oxygen atoms in total. The molecule has 0 radical (unpaired) electrons. The van der Waals surface area contributed by atoms with Gasteiger partial charge in [0.25, 0.3) is 0 Å². The average molecular weight is 265 g/mol. The quantitative estimate of drug-likeness (QED) is 0.615. The number of hydrogen-bond donors (Lipinski definition) is 4. The van der Waals surface area contributed by atoms with Gasteiger partial charge in [0.05, 0.1) is 5.54 Å². The second-order valence-electron chi connectivity index (χ2n) is 5.60. The summed E-state index contributed by atoms with van der Waals surface area (Å²) in [5.74, 6) is 0. The lowest BCUT2D eigenvalue weighted by molar-refractivity contribution is 0.183. The van der Waals surface area contributed by atoms with Gasteiger partial charge in [0.15, 0.2) is 0 Å². The second kappa shape index (κ2) is 4.80. The van der Waals surface area contributed by atoms with E-state index in [1.54, 1.807) is 6.20 Å². The number of hydrogen-bond acceptors (Lipinski definition) is 5. The van der Waals surface area contributed by atoms with E-state index in [0.717, 1.165) is 32.1 Å². The summed E-state index contributed by atoms with van der Waals surface area (Å²) < 4.78 is 0. The van der Waals surface area contributed by atoms with E-state index >= 15 is 0 Å². The Hall–Kier alpha value is -1.63. The first-order valence-electron chi connectivity index (χ1n) is 6.78. The Balaban J connectivity index is 1.43. The van der Waals surface area contributed by atoms with Crippen LogP contribution in [0.5, 0.6) is 0 Å². The van der Waals surface area contributed by atoms with Crippen LogP contribution in [0.25, 0.3) is 0 Å². The minimum absolute atomic E-state index is 0.0298. The van der Waals surface area contributed by atoms with Gasteiger partial charge >= 0.3 is 6.09 Å². The highest BCUT2D eigenvalue weighted by atomic mass is 16.4. The Bertz CT molecular complexity index is 416. The third-order valence-electron chi connectivity index (χ3n) is 4.25. The van der Waals surface area contributed by atoms with E-state index in [1.165, 1.54) is 0 Å². The Morgan fingerprint density at radius 3 is 2.68 bits per heavy atom. The molecule has 2 saturated carbocycles. The molecule has 1 heterocycles. The maximum Gasteiger partial charge on any atom is 0.404 e. The van der Waals surface area contributed by atoms with Crippen molar-refractivity contribution in [3.63, 3.8) is 0 Å². The van der Waals surface area contributed by atoms with Crippen molar-refractivity contribution < 1.29 is 9.90 Å². The fourth-order valence-corrected chi connectivity index (χ4v) is 3.02. The zero-order valence-electron chi connectivity index (χ0n) is 10.7. The first kappa shape index (κ1) is 12.4. The maximum atomic E-state index is 10.6. The second-order valence-corrected chi connectivity index (χ2v) is 5.60. The van der Waals surface area contributed by atoms with Gasteiger partial charge in [-0.15, -0.1) is 5.11 Å². The monoisotopic (exact) mass is 265 g/mol. The van der Waals surface area contributed by atoms with Gasteiger partial charge in [0, 0.05) is 24.3 Å². The summed E-state index contributed by atoms with van der Waals surface area (Å²) in [7, 11) is 0. The van der Waals surface area contributed by atoms with E-state index in [0.29, 0.717) is 12.1 Å². The maximum absolute atomic E-state index is 10.6. The predicted octanol–water partition coefficient (Wildman–Crippen LogP) is 1.15. The van der Waals surface area contributed by atoms with Gasteiger partial charge in [-0.25, -0.2) is 4.79 Å². The molecule has 1 spiro atoms. The number of carboxylic acid groups (broad SMARTS) is 1. The van der Waals surface area contributed by atoms with Crippen LogP contribution in [0.4, 0.5) is 4.79 Å². The van der Waals surface area contributed by atoms with Crippen molar-refractivity contribution in [3.8, 4) is 0 Å². The van der Waals surface area contributed by atoms with Crippen molar-refractivity contribution in [1.82, 2.24) is 16.1 Å². The van der Waals surface area contributed by atoms with Gasteiger partial charge in [0.1, 0.15) is 0 Å². The Morgan fingerprint density at radius 2 is 2.05 bits per heavy atom. The van der Waals surface area contributed by atoms with Crippen molar-refractivity contribution in [2.45, 2.75) is 55.8 Å². The molecule has 1 amide bonds. The number of rotatable bonds is 3. The van der Waals surface area contributed by atoms with Gasteiger partial charge < -0.3 is 15.7 Å². The van der Waals surface area contributed by atoms with Crippen LogP contribution < -0.4 is 16.1 Å². The molecule has 4 N–H and O–H groups in total. The molecular formula is C12H19N5O2. The smallest absolute Gasteiger partial charge is 0.404 e. The number of carbonyl (C=O) groups is 1. The topological polar surface area (TPSA) is 98.1 Å². The van der Waals surface area contributed by atoms with Crippen LogP contribution in [0.15, 0.2) is 22.6 Å². The van der Waals surface area contributed by atoms with Crippen LogP contribution in [0.1, 0.15) is 32.1 Å². The lowest BCUT2D eigenvalue weighted by atomic mass is 9.91. The molecule has 104 valence electrons. The molecule has 0 aromatic heterocycles. The lowest BCUT2D eigenvalue weighted by Gasteiger charge is -2.29. The standard InChI is InChI=1S/C12H19N5O2/c18-11(19)15-9-3-1-8(2-4-9)14-10-7-12(10)5-6-13-17-16-12/h5-6,8-10,14-15H,1-4,7H2,(H,13,16)(H,18,19)/t8?,9?,10-,12-/m1/s1. The van der Waals surface area contributed by atoms with Crippen LogP contribution in [0.2, 0.25) is 0 Å². The molecule has 2 fully saturated rings. The van der Waals surface area contributed by atoms with Crippen LogP contribution in [0.3, 0.4) is 0 Å². The molecule has 0 aromatic carbocycles. The summed E-state index contributed by atoms with van der Waals surface area (Å²) in [4.78, 5) is 10.6. The molecule has 7 heteroatoms. The highest BCUT2D eigenvalue weighted by Gasteiger charge is 2.54. The zero-order chi connectivity index (χ0) is 13.3. The normalized spacial score (nSPS) is 39.9. The summed E-state index contributed by atoms with van der Waals surface area (Å²) in [6, 6.07) is 1.01. The highest BCUT2D eigenvalue weighted by molar-refractivity contribution is 5.64. The molecule has 2 atom stereocenters. The molecule has 0 saturated heterocycles. The van der Waals surface area contributed by atoms with E-state index in [-0.39, 0.29) is 11.6 Å². The molecule has 0 bridgehead atoms. The van der Waals surface area contributed by atoms with Gasteiger partial charge in [-0.05, 0) is 38.2 Å². The molecule has 3 rings (SSSR count). The van der Waals surface area contributed by atoms with Crippen LogP contribution in [-0.4, -0.2) is 34.9 Å². The summed E-state index contributed by atoms with van der Waals surface area (Å²) >= 11 is 0. The Kier molecular flexibility index (Phi) is 3.14. The average Bonchev–Trinajstić information content (AvgIpc) is 3.04. The van der Waals surface area contributed by atoms with Crippen LogP contribution in [0, 0.1) is 0 Å².